The number of carbonyl (C=O) groups is 3. The Hall–Kier alpha value is -2.60. The minimum atomic E-state index is -0.432. The minimum Gasteiger partial charge on any atom is -0.326 e. The van der Waals surface area contributed by atoms with Crippen molar-refractivity contribution in [1.29, 1.82) is 0 Å². The van der Waals surface area contributed by atoms with E-state index in [4.69, 9.17) is 0 Å². The number of rotatable bonds is 6. The van der Waals surface area contributed by atoms with Gasteiger partial charge in [-0.3, -0.25) is 14.4 Å². The van der Waals surface area contributed by atoms with Crippen molar-refractivity contribution in [1.82, 2.24) is 0 Å². The van der Waals surface area contributed by atoms with Crippen LogP contribution in [-0.2, 0) is 20.8 Å². The second kappa shape index (κ2) is 8.03. The van der Waals surface area contributed by atoms with Crippen molar-refractivity contribution >= 4 is 40.9 Å². The molecule has 1 saturated carbocycles. The molecule has 1 saturated heterocycles. The van der Waals surface area contributed by atoms with E-state index in [-0.39, 0.29) is 30.1 Å². The van der Waals surface area contributed by atoms with Gasteiger partial charge in [0.05, 0.1) is 10.9 Å². The molecule has 0 bridgehead atoms. The second-order valence-electron chi connectivity index (χ2n) is 7.60. The van der Waals surface area contributed by atoms with Gasteiger partial charge in [0.1, 0.15) is 0 Å². The molecule has 1 aliphatic heterocycles. The lowest BCUT2D eigenvalue weighted by atomic mass is 10.0. The van der Waals surface area contributed by atoms with Gasteiger partial charge in [-0.05, 0) is 61.6 Å². The Balaban J connectivity index is 1.47. The van der Waals surface area contributed by atoms with Gasteiger partial charge in [-0.2, -0.15) is 0 Å². The first-order chi connectivity index (χ1) is 14.0. The van der Waals surface area contributed by atoms with E-state index >= 15 is 0 Å². The Morgan fingerprint density at radius 3 is 2.52 bits per heavy atom. The van der Waals surface area contributed by atoms with Crippen molar-refractivity contribution in [3.63, 3.8) is 0 Å². The van der Waals surface area contributed by atoms with Gasteiger partial charge in [-0.1, -0.05) is 25.1 Å². The molecule has 1 heterocycles. The van der Waals surface area contributed by atoms with Gasteiger partial charge in [-0.25, -0.2) is 4.90 Å². The SMILES string of the molecule is CCc1cccc(C)c1N1C(=O)CC(Sc2ccc(NC(=O)C3CC3)cc2)C1=O. The molecule has 2 aromatic carbocycles. The number of amides is 3. The highest BCUT2D eigenvalue weighted by Crippen LogP contribution is 2.37. The van der Waals surface area contributed by atoms with Crippen LogP contribution < -0.4 is 10.2 Å². The van der Waals surface area contributed by atoms with Crippen LogP contribution in [-0.4, -0.2) is 23.0 Å². The number of para-hydroxylation sites is 1. The zero-order valence-corrected chi connectivity index (χ0v) is 17.4. The van der Waals surface area contributed by atoms with Crippen LogP contribution in [0.1, 0.15) is 37.3 Å². The number of imide groups is 1. The maximum absolute atomic E-state index is 13.1. The molecule has 2 fully saturated rings. The second-order valence-corrected chi connectivity index (χ2v) is 8.88. The summed E-state index contributed by atoms with van der Waals surface area (Å²) in [6, 6.07) is 13.3. The molecule has 0 radical (unpaired) electrons. The summed E-state index contributed by atoms with van der Waals surface area (Å²) in [5.41, 5.74) is 3.45. The summed E-state index contributed by atoms with van der Waals surface area (Å²) in [5, 5.41) is 2.48. The molecule has 6 heteroatoms. The Bertz CT molecular complexity index is 967. The average molecular weight is 409 g/mol. The highest BCUT2D eigenvalue weighted by Gasteiger charge is 2.41. The molecular weight excluding hydrogens is 384 g/mol. The normalized spacial score (nSPS) is 19.0. The molecule has 4 rings (SSSR count). The number of hydrogen-bond acceptors (Lipinski definition) is 4. The van der Waals surface area contributed by atoms with Crippen LogP contribution in [0, 0.1) is 12.8 Å². The fourth-order valence-corrected chi connectivity index (χ4v) is 4.68. The minimum absolute atomic E-state index is 0.0718. The number of nitrogens with zero attached hydrogens (tertiary/aromatic N) is 1. The van der Waals surface area contributed by atoms with E-state index in [0.717, 1.165) is 46.7 Å². The molecule has 1 unspecified atom stereocenters. The van der Waals surface area contributed by atoms with Crippen LogP contribution in [0.3, 0.4) is 0 Å². The summed E-state index contributed by atoms with van der Waals surface area (Å²) in [5.74, 6) is -0.0749. The fourth-order valence-electron chi connectivity index (χ4n) is 3.63. The molecule has 1 atom stereocenters. The molecule has 1 N–H and O–H groups in total. The molecule has 1 aliphatic carbocycles. The third-order valence-corrected chi connectivity index (χ3v) is 6.58. The van der Waals surface area contributed by atoms with E-state index in [9.17, 15) is 14.4 Å². The first kappa shape index (κ1) is 19.7. The van der Waals surface area contributed by atoms with Gasteiger partial charge in [0.25, 0.3) is 0 Å². The highest BCUT2D eigenvalue weighted by molar-refractivity contribution is 8.00. The summed E-state index contributed by atoms with van der Waals surface area (Å²) >= 11 is 1.40. The van der Waals surface area contributed by atoms with Crippen LogP contribution in [0.5, 0.6) is 0 Å². The number of hydrogen-bond donors (Lipinski definition) is 1. The molecule has 0 aromatic heterocycles. The Morgan fingerprint density at radius 1 is 1.14 bits per heavy atom. The lowest BCUT2D eigenvalue weighted by Crippen LogP contribution is -2.32. The molecule has 29 heavy (non-hydrogen) atoms. The summed E-state index contributed by atoms with van der Waals surface area (Å²) in [7, 11) is 0. The summed E-state index contributed by atoms with van der Waals surface area (Å²) in [4.78, 5) is 39.9. The predicted molar refractivity (Wildman–Crippen MR) is 115 cm³/mol. The van der Waals surface area contributed by atoms with E-state index in [1.54, 1.807) is 0 Å². The van der Waals surface area contributed by atoms with Crippen molar-refractivity contribution in [2.75, 3.05) is 10.2 Å². The molecule has 3 amide bonds. The number of aryl methyl sites for hydroxylation is 2. The predicted octanol–water partition coefficient (Wildman–Crippen LogP) is 4.33. The summed E-state index contributed by atoms with van der Waals surface area (Å²) in [6.07, 6.45) is 2.89. The molecule has 5 nitrogen and oxygen atoms in total. The summed E-state index contributed by atoms with van der Waals surface area (Å²) < 4.78 is 0. The van der Waals surface area contributed by atoms with Gasteiger partial charge in [0, 0.05) is 22.9 Å². The van der Waals surface area contributed by atoms with Crippen molar-refractivity contribution in [3.05, 3.63) is 53.6 Å². The van der Waals surface area contributed by atoms with Crippen LogP contribution in [0.15, 0.2) is 47.4 Å². The number of carbonyl (C=O) groups excluding carboxylic acids is 3. The maximum atomic E-state index is 13.1. The number of benzene rings is 2. The zero-order valence-electron chi connectivity index (χ0n) is 16.6. The summed E-state index contributed by atoms with van der Waals surface area (Å²) in [6.45, 7) is 3.96. The fraction of sp³-hybridized carbons (Fsp3) is 0.348. The highest BCUT2D eigenvalue weighted by atomic mass is 32.2. The maximum Gasteiger partial charge on any atom is 0.247 e. The number of thioether (sulfide) groups is 1. The van der Waals surface area contributed by atoms with Gasteiger partial charge in [0.15, 0.2) is 0 Å². The lowest BCUT2D eigenvalue weighted by molar-refractivity contribution is -0.121. The largest absolute Gasteiger partial charge is 0.326 e. The van der Waals surface area contributed by atoms with Gasteiger partial charge in [0.2, 0.25) is 17.7 Å². The first-order valence-electron chi connectivity index (χ1n) is 10.0. The molecular formula is C23H24N2O3S. The lowest BCUT2D eigenvalue weighted by Gasteiger charge is -2.20. The van der Waals surface area contributed by atoms with E-state index < -0.39 is 5.25 Å². The van der Waals surface area contributed by atoms with Crippen LogP contribution in [0.4, 0.5) is 11.4 Å². The Kier molecular flexibility index (Phi) is 5.46. The van der Waals surface area contributed by atoms with Gasteiger partial charge in [-0.15, -0.1) is 11.8 Å². The van der Waals surface area contributed by atoms with Crippen molar-refractivity contribution in [3.8, 4) is 0 Å². The number of anilines is 2. The van der Waals surface area contributed by atoms with E-state index in [1.807, 2.05) is 56.3 Å². The van der Waals surface area contributed by atoms with Gasteiger partial charge < -0.3 is 5.32 Å². The van der Waals surface area contributed by atoms with Crippen molar-refractivity contribution < 1.29 is 14.4 Å². The third kappa shape index (κ3) is 4.08. The molecule has 150 valence electrons. The topological polar surface area (TPSA) is 66.5 Å². The monoisotopic (exact) mass is 408 g/mol. The van der Waals surface area contributed by atoms with Crippen LogP contribution >= 0.6 is 11.8 Å². The molecule has 2 aromatic rings. The van der Waals surface area contributed by atoms with Gasteiger partial charge >= 0.3 is 0 Å². The zero-order chi connectivity index (χ0) is 20.5. The van der Waals surface area contributed by atoms with E-state index in [2.05, 4.69) is 5.32 Å². The Morgan fingerprint density at radius 2 is 1.86 bits per heavy atom. The Labute approximate surface area is 174 Å². The third-order valence-electron chi connectivity index (χ3n) is 5.38. The van der Waals surface area contributed by atoms with E-state index in [0.29, 0.717) is 0 Å². The van der Waals surface area contributed by atoms with Crippen molar-refractivity contribution in [2.24, 2.45) is 5.92 Å². The van der Waals surface area contributed by atoms with Crippen LogP contribution in [0.2, 0.25) is 0 Å². The van der Waals surface area contributed by atoms with Crippen LogP contribution in [0.25, 0.3) is 0 Å². The smallest absolute Gasteiger partial charge is 0.247 e. The number of nitrogens with one attached hydrogen (secondary N) is 1. The van der Waals surface area contributed by atoms with E-state index in [1.165, 1.54) is 16.7 Å². The average Bonchev–Trinajstić information content (AvgIpc) is 3.52. The molecule has 2 aliphatic rings. The quantitative estimate of drug-likeness (QED) is 0.723. The first-order valence-corrected chi connectivity index (χ1v) is 10.9. The molecule has 0 spiro atoms. The van der Waals surface area contributed by atoms with Crippen molar-refractivity contribution in [2.45, 2.75) is 49.7 Å². The standard InChI is InChI=1S/C23H24N2O3S/c1-3-15-6-4-5-14(2)21(15)25-20(26)13-19(23(25)28)29-18-11-9-17(10-12-18)24-22(27)16-7-8-16/h4-6,9-12,16,19H,3,7-8,13H2,1-2H3,(H,24,27).